The number of halogens is 1. The highest BCUT2D eigenvalue weighted by Gasteiger charge is 2.11. The van der Waals surface area contributed by atoms with Crippen LogP contribution in [0.25, 0.3) is 0 Å². The number of carbonyl (C=O) groups is 2. The SMILES string of the molecule is CN(Cc1ccccc1Br)C(=O)COc1ccc(C=O)cc1. The third-order valence-corrected chi connectivity index (χ3v) is 3.94. The molecular formula is C17H16BrNO3. The molecule has 2 rings (SSSR count). The highest BCUT2D eigenvalue weighted by Crippen LogP contribution is 2.17. The number of hydrogen-bond donors (Lipinski definition) is 0. The largest absolute Gasteiger partial charge is 0.484 e. The van der Waals surface area contributed by atoms with Gasteiger partial charge in [-0.15, -0.1) is 0 Å². The summed E-state index contributed by atoms with van der Waals surface area (Å²) >= 11 is 3.47. The van der Waals surface area contributed by atoms with Crippen molar-refractivity contribution in [3.63, 3.8) is 0 Å². The maximum atomic E-state index is 12.1. The fourth-order valence-electron chi connectivity index (χ4n) is 1.87. The summed E-state index contributed by atoms with van der Waals surface area (Å²) in [6.07, 6.45) is 0.764. The molecule has 0 aliphatic carbocycles. The van der Waals surface area contributed by atoms with Crippen LogP contribution < -0.4 is 4.74 Å². The Balaban J connectivity index is 1.88. The molecule has 2 aromatic carbocycles. The smallest absolute Gasteiger partial charge is 0.260 e. The van der Waals surface area contributed by atoms with E-state index in [4.69, 9.17) is 4.74 Å². The van der Waals surface area contributed by atoms with Gasteiger partial charge < -0.3 is 9.64 Å². The number of nitrogens with zero attached hydrogens (tertiary/aromatic N) is 1. The topological polar surface area (TPSA) is 46.6 Å². The number of benzene rings is 2. The van der Waals surface area contributed by atoms with Gasteiger partial charge in [0, 0.05) is 23.6 Å². The molecule has 0 N–H and O–H groups in total. The van der Waals surface area contributed by atoms with E-state index in [2.05, 4.69) is 15.9 Å². The van der Waals surface area contributed by atoms with E-state index in [1.165, 1.54) is 0 Å². The fourth-order valence-corrected chi connectivity index (χ4v) is 2.28. The summed E-state index contributed by atoms with van der Waals surface area (Å²) in [7, 11) is 1.74. The Kier molecular flexibility index (Phi) is 5.72. The van der Waals surface area contributed by atoms with E-state index in [9.17, 15) is 9.59 Å². The quantitative estimate of drug-likeness (QED) is 0.741. The van der Waals surface area contributed by atoms with Crippen LogP contribution in [0.5, 0.6) is 5.75 Å². The Morgan fingerprint density at radius 1 is 1.18 bits per heavy atom. The predicted octanol–water partition coefficient (Wildman–Crippen LogP) is 3.30. The highest BCUT2D eigenvalue weighted by molar-refractivity contribution is 9.10. The minimum absolute atomic E-state index is 0.0403. The van der Waals surface area contributed by atoms with Crippen LogP contribution in [0.3, 0.4) is 0 Å². The monoisotopic (exact) mass is 361 g/mol. The van der Waals surface area contributed by atoms with Crippen molar-refractivity contribution in [1.82, 2.24) is 4.90 Å². The molecule has 0 atom stereocenters. The van der Waals surface area contributed by atoms with Crippen molar-refractivity contribution in [3.8, 4) is 5.75 Å². The number of ether oxygens (including phenoxy) is 1. The van der Waals surface area contributed by atoms with Crippen LogP contribution in [0.2, 0.25) is 0 Å². The van der Waals surface area contributed by atoms with Crippen molar-refractivity contribution in [3.05, 3.63) is 64.1 Å². The van der Waals surface area contributed by atoms with Crippen molar-refractivity contribution in [2.24, 2.45) is 0 Å². The molecule has 0 unspecified atom stereocenters. The lowest BCUT2D eigenvalue weighted by molar-refractivity contribution is -0.132. The Bertz CT molecular complexity index is 655. The molecule has 0 spiro atoms. The van der Waals surface area contributed by atoms with Gasteiger partial charge in [-0.25, -0.2) is 0 Å². The summed E-state index contributed by atoms with van der Waals surface area (Å²) in [6, 6.07) is 14.4. The zero-order chi connectivity index (χ0) is 15.9. The lowest BCUT2D eigenvalue weighted by Crippen LogP contribution is -2.31. The summed E-state index contributed by atoms with van der Waals surface area (Å²) in [6.45, 7) is 0.467. The lowest BCUT2D eigenvalue weighted by atomic mass is 10.2. The maximum absolute atomic E-state index is 12.1. The van der Waals surface area contributed by atoms with Gasteiger partial charge in [-0.05, 0) is 35.9 Å². The van der Waals surface area contributed by atoms with Gasteiger partial charge in [-0.3, -0.25) is 9.59 Å². The second-order valence-corrected chi connectivity index (χ2v) is 5.67. The fraction of sp³-hybridized carbons (Fsp3) is 0.176. The number of carbonyl (C=O) groups excluding carboxylic acids is 2. The minimum atomic E-state index is -0.116. The van der Waals surface area contributed by atoms with Gasteiger partial charge in [-0.2, -0.15) is 0 Å². The van der Waals surface area contributed by atoms with Crippen LogP contribution in [0.4, 0.5) is 0 Å². The predicted molar refractivity (Wildman–Crippen MR) is 87.9 cm³/mol. The molecule has 0 saturated carbocycles. The first-order valence-electron chi connectivity index (χ1n) is 6.75. The Morgan fingerprint density at radius 3 is 2.50 bits per heavy atom. The molecule has 0 fully saturated rings. The normalized spacial score (nSPS) is 10.1. The van der Waals surface area contributed by atoms with Crippen molar-refractivity contribution in [1.29, 1.82) is 0 Å². The summed E-state index contributed by atoms with van der Waals surface area (Å²) in [5.41, 5.74) is 1.61. The second kappa shape index (κ2) is 7.75. The summed E-state index contributed by atoms with van der Waals surface area (Å²) in [4.78, 5) is 24.3. The highest BCUT2D eigenvalue weighted by atomic mass is 79.9. The summed E-state index contributed by atoms with van der Waals surface area (Å²) in [5.74, 6) is 0.448. The Labute approximate surface area is 137 Å². The van der Waals surface area contributed by atoms with E-state index in [-0.39, 0.29) is 12.5 Å². The first-order chi connectivity index (χ1) is 10.6. The third kappa shape index (κ3) is 4.43. The van der Waals surface area contributed by atoms with E-state index < -0.39 is 0 Å². The molecule has 0 aliphatic heterocycles. The van der Waals surface area contributed by atoms with E-state index >= 15 is 0 Å². The van der Waals surface area contributed by atoms with Crippen molar-refractivity contribution < 1.29 is 14.3 Å². The van der Waals surface area contributed by atoms with E-state index in [0.717, 1.165) is 16.3 Å². The number of likely N-dealkylation sites (N-methyl/N-ethyl adjacent to an activating group) is 1. The molecule has 0 radical (unpaired) electrons. The van der Waals surface area contributed by atoms with E-state index in [1.54, 1.807) is 36.2 Å². The van der Waals surface area contributed by atoms with E-state index in [0.29, 0.717) is 17.9 Å². The Morgan fingerprint density at radius 2 is 1.86 bits per heavy atom. The molecule has 0 bridgehead atoms. The van der Waals surface area contributed by atoms with Crippen molar-refractivity contribution in [2.45, 2.75) is 6.54 Å². The van der Waals surface area contributed by atoms with Crippen LogP contribution >= 0.6 is 15.9 Å². The molecule has 4 nitrogen and oxygen atoms in total. The van der Waals surface area contributed by atoms with E-state index in [1.807, 2.05) is 24.3 Å². The third-order valence-electron chi connectivity index (χ3n) is 3.17. The van der Waals surface area contributed by atoms with Gasteiger partial charge >= 0.3 is 0 Å². The Hall–Kier alpha value is -2.14. The van der Waals surface area contributed by atoms with Crippen LogP contribution in [0.15, 0.2) is 53.0 Å². The van der Waals surface area contributed by atoms with Crippen molar-refractivity contribution >= 4 is 28.1 Å². The van der Waals surface area contributed by atoms with Gasteiger partial charge in [-0.1, -0.05) is 34.1 Å². The van der Waals surface area contributed by atoms with Crippen molar-refractivity contribution in [2.75, 3.05) is 13.7 Å². The molecule has 0 heterocycles. The van der Waals surface area contributed by atoms with Gasteiger partial charge in [0.05, 0.1) is 0 Å². The molecule has 114 valence electrons. The maximum Gasteiger partial charge on any atom is 0.260 e. The van der Waals surface area contributed by atoms with Gasteiger partial charge in [0.2, 0.25) is 0 Å². The van der Waals surface area contributed by atoms with Crippen LogP contribution in [0, 0.1) is 0 Å². The molecule has 0 aromatic heterocycles. The molecule has 22 heavy (non-hydrogen) atoms. The molecular weight excluding hydrogens is 346 g/mol. The van der Waals surface area contributed by atoms with Crippen LogP contribution in [-0.4, -0.2) is 30.7 Å². The molecule has 0 saturated heterocycles. The lowest BCUT2D eigenvalue weighted by Gasteiger charge is -2.18. The molecule has 2 aromatic rings. The average Bonchev–Trinajstić information content (AvgIpc) is 2.55. The molecule has 1 amide bonds. The minimum Gasteiger partial charge on any atom is -0.484 e. The summed E-state index contributed by atoms with van der Waals surface area (Å²) in [5, 5.41) is 0. The average molecular weight is 362 g/mol. The molecule has 0 aliphatic rings. The zero-order valence-corrected chi connectivity index (χ0v) is 13.7. The first kappa shape index (κ1) is 16.2. The molecule has 5 heteroatoms. The number of aldehydes is 1. The second-order valence-electron chi connectivity index (χ2n) is 4.82. The first-order valence-corrected chi connectivity index (χ1v) is 7.55. The number of hydrogen-bond acceptors (Lipinski definition) is 3. The number of rotatable bonds is 6. The van der Waals surface area contributed by atoms with Crippen LogP contribution in [-0.2, 0) is 11.3 Å². The number of amides is 1. The van der Waals surface area contributed by atoms with Gasteiger partial charge in [0.15, 0.2) is 6.61 Å². The standard InChI is InChI=1S/C17H16BrNO3/c1-19(10-14-4-2-3-5-16(14)18)17(21)12-22-15-8-6-13(11-20)7-9-15/h2-9,11H,10,12H2,1H3. The van der Waals surface area contributed by atoms with Gasteiger partial charge in [0.1, 0.15) is 12.0 Å². The van der Waals surface area contributed by atoms with Gasteiger partial charge in [0.25, 0.3) is 5.91 Å². The van der Waals surface area contributed by atoms with Crippen LogP contribution in [0.1, 0.15) is 15.9 Å². The summed E-state index contributed by atoms with van der Waals surface area (Å²) < 4.78 is 6.41. The zero-order valence-electron chi connectivity index (χ0n) is 12.2.